The smallest absolute Gasteiger partial charge is 0.363 e. The highest BCUT2D eigenvalue weighted by Gasteiger charge is 2.26. The molecule has 0 N–H and O–H groups in total. The number of nitro groups is 1. The molecule has 0 unspecified atom stereocenters. The van der Waals surface area contributed by atoms with Gasteiger partial charge in [0.05, 0.1) is 12.0 Å². The second-order valence-electron chi connectivity index (χ2n) is 7.05. The van der Waals surface area contributed by atoms with E-state index in [1.54, 1.807) is 24.3 Å². The lowest BCUT2D eigenvalue weighted by Gasteiger charge is -2.12. The van der Waals surface area contributed by atoms with Crippen molar-refractivity contribution in [3.8, 4) is 11.5 Å². The van der Waals surface area contributed by atoms with Gasteiger partial charge < -0.3 is 14.2 Å². The second-order valence-corrected chi connectivity index (χ2v) is 7.86. The summed E-state index contributed by atoms with van der Waals surface area (Å²) < 4.78 is 16.5. The standard InChI is InChI=1S/C24H16Cl2N2O6/c1-32-22-11-14(6-9-21(22)33-13-16-4-2-3-5-17(16)25)10-19-24(29)34-23(27-19)15-7-8-18(26)20(12-15)28(30)31/h2-12H,13H2,1H3/b19-10-. The van der Waals surface area contributed by atoms with E-state index in [2.05, 4.69) is 4.99 Å². The fraction of sp³-hybridized carbons (Fsp3) is 0.0833. The van der Waals surface area contributed by atoms with Crippen molar-refractivity contribution in [2.45, 2.75) is 6.61 Å². The van der Waals surface area contributed by atoms with Crippen LogP contribution in [0.15, 0.2) is 71.4 Å². The Balaban J connectivity index is 1.57. The minimum Gasteiger partial charge on any atom is -0.493 e. The van der Waals surface area contributed by atoms with Crippen LogP contribution in [-0.4, -0.2) is 23.9 Å². The van der Waals surface area contributed by atoms with Crippen molar-refractivity contribution in [2.75, 3.05) is 7.11 Å². The van der Waals surface area contributed by atoms with Crippen LogP contribution in [-0.2, 0) is 16.1 Å². The number of nitro benzene ring substituents is 1. The molecule has 8 nitrogen and oxygen atoms in total. The second kappa shape index (κ2) is 9.94. The predicted octanol–water partition coefficient (Wildman–Crippen LogP) is 5.83. The molecule has 0 atom stereocenters. The summed E-state index contributed by atoms with van der Waals surface area (Å²) in [5, 5.41) is 11.7. The zero-order valence-electron chi connectivity index (χ0n) is 17.7. The number of nitrogens with zero attached hydrogens (tertiary/aromatic N) is 2. The first kappa shape index (κ1) is 23.3. The molecule has 0 amide bonds. The summed E-state index contributed by atoms with van der Waals surface area (Å²) in [6.45, 7) is 0.254. The SMILES string of the molecule is COc1cc(/C=C2\N=C(c3ccc(Cl)c([N+](=O)[O-])c3)OC2=O)ccc1OCc1ccccc1Cl. The summed E-state index contributed by atoms with van der Waals surface area (Å²) in [6, 6.07) is 16.5. The predicted molar refractivity (Wildman–Crippen MR) is 127 cm³/mol. The molecule has 0 saturated carbocycles. The summed E-state index contributed by atoms with van der Waals surface area (Å²) in [5.41, 5.74) is 1.41. The van der Waals surface area contributed by atoms with E-state index in [0.717, 1.165) is 5.56 Å². The Bertz CT molecular complexity index is 1350. The number of benzene rings is 3. The van der Waals surface area contributed by atoms with Crippen molar-refractivity contribution in [1.29, 1.82) is 0 Å². The third-order valence-electron chi connectivity index (χ3n) is 4.84. The largest absolute Gasteiger partial charge is 0.493 e. The van der Waals surface area contributed by atoms with E-state index < -0.39 is 10.9 Å². The summed E-state index contributed by atoms with van der Waals surface area (Å²) in [6.07, 6.45) is 1.51. The molecule has 34 heavy (non-hydrogen) atoms. The van der Waals surface area contributed by atoms with Crippen molar-refractivity contribution in [3.63, 3.8) is 0 Å². The first-order chi connectivity index (χ1) is 16.4. The first-order valence-electron chi connectivity index (χ1n) is 9.87. The zero-order valence-corrected chi connectivity index (χ0v) is 19.2. The van der Waals surface area contributed by atoms with Crippen LogP contribution in [0.25, 0.3) is 6.08 Å². The van der Waals surface area contributed by atoms with Gasteiger partial charge in [0.2, 0.25) is 5.90 Å². The molecular formula is C24H16Cl2N2O6. The molecule has 3 aromatic carbocycles. The van der Waals surface area contributed by atoms with Crippen LogP contribution < -0.4 is 9.47 Å². The quantitative estimate of drug-likeness (QED) is 0.175. The monoisotopic (exact) mass is 498 g/mol. The highest BCUT2D eigenvalue weighted by atomic mass is 35.5. The Kier molecular flexibility index (Phi) is 6.81. The van der Waals surface area contributed by atoms with Gasteiger partial charge in [0, 0.05) is 22.2 Å². The van der Waals surface area contributed by atoms with Crippen molar-refractivity contribution >= 4 is 46.8 Å². The van der Waals surface area contributed by atoms with Crippen LogP contribution in [0.3, 0.4) is 0 Å². The van der Waals surface area contributed by atoms with E-state index in [4.69, 9.17) is 37.4 Å². The maximum Gasteiger partial charge on any atom is 0.363 e. The molecule has 4 rings (SSSR count). The molecule has 172 valence electrons. The van der Waals surface area contributed by atoms with Crippen LogP contribution in [0.1, 0.15) is 16.7 Å². The van der Waals surface area contributed by atoms with Crippen LogP contribution in [0, 0.1) is 10.1 Å². The lowest BCUT2D eigenvalue weighted by Crippen LogP contribution is -2.06. The van der Waals surface area contributed by atoms with Crippen molar-refractivity contribution in [1.82, 2.24) is 0 Å². The van der Waals surface area contributed by atoms with Gasteiger partial charge in [-0.3, -0.25) is 10.1 Å². The van der Waals surface area contributed by atoms with Crippen LogP contribution in [0.4, 0.5) is 5.69 Å². The van der Waals surface area contributed by atoms with E-state index in [9.17, 15) is 14.9 Å². The average molecular weight is 499 g/mol. The highest BCUT2D eigenvalue weighted by Crippen LogP contribution is 2.32. The maximum absolute atomic E-state index is 12.3. The number of esters is 1. The van der Waals surface area contributed by atoms with Crippen molar-refractivity contribution in [2.24, 2.45) is 4.99 Å². The first-order valence-corrected chi connectivity index (χ1v) is 10.6. The van der Waals surface area contributed by atoms with E-state index in [0.29, 0.717) is 22.1 Å². The molecule has 0 saturated heterocycles. The molecule has 1 aliphatic heterocycles. The number of cyclic esters (lactones) is 1. The van der Waals surface area contributed by atoms with Gasteiger partial charge in [-0.05, 0) is 42.0 Å². The topological polar surface area (TPSA) is 100 Å². The molecule has 0 aromatic heterocycles. The molecule has 1 aliphatic rings. The summed E-state index contributed by atoms with van der Waals surface area (Å²) >= 11 is 12.0. The number of rotatable bonds is 7. The number of hydrogen-bond donors (Lipinski definition) is 0. The minimum absolute atomic E-state index is 0.0272. The normalized spacial score (nSPS) is 14.0. The average Bonchev–Trinajstić information content (AvgIpc) is 3.19. The molecule has 3 aromatic rings. The van der Waals surface area contributed by atoms with Crippen molar-refractivity contribution < 1.29 is 23.9 Å². The Hall–Kier alpha value is -3.88. The number of methoxy groups -OCH3 is 1. The van der Waals surface area contributed by atoms with Gasteiger partial charge in [0.15, 0.2) is 17.2 Å². The van der Waals surface area contributed by atoms with Gasteiger partial charge in [-0.25, -0.2) is 9.79 Å². The number of carbonyl (C=O) groups is 1. The lowest BCUT2D eigenvalue weighted by atomic mass is 10.1. The van der Waals surface area contributed by atoms with Gasteiger partial charge in [0.25, 0.3) is 5.69 Å². The highest BCUT2D eigenvalue weighted by molar-refractivity contribution is 6.33. The molecule has 1 heterocycles. The summed E-state index contributed by atoms with van der Waals surface area (Å²) in [5.74, 6) is 0.204. The maximum atomic E-state index is 12.3. The van der Waals surface area contributed by atoms with Gasteiger partial charge in [-0.1, -0.05) is 47.5 Å². The molecule has 0 spiro atoms. The Morgan fingerprint density at radius 1 is 1.06 bits per heavy atom. The third kappa shape index (κ3) is 5.03. The molecule has 0 bridgehead atoms. The number of hydrogen-bond acceptors (Lipinski definition) is 7. The van der Waals surface area contributed by atoms with Crippen LogP contribution >= 0.6 is 23.2 Å². The van der Waals surface area contributed by atoms with E-state index >= 15 is 0 Å². The number of halogens is 2. The molecular weight excluding hydrogens is 483 g/mol. The fourth-order valence-corrected chi connectivity index (χ4v) is 3.52. The summed E-state index contributed by atoms with van der Waals surface area (Å²) in [7, 11) is 1.50. The molecule has 0 radical (unpaired) electrons. The fourth-order valence-electron chi connectivity index (χ4n) is 3.14. The minimum atomic E-state index is -0.689. The molecule has 0 fully saturated rings. The van der Waals surface area contributed by atoms with E-state index in [1.807, 2.05) is 18.2 Å². The number of aliphatic imine (C=N–C) groups is 1. The van der Waals surface area contributed by atoms with Gasteiger partial charge in [-0.2, -0.15) is 0 Å². The summed E-state index contributed by atoms with van der Waals surface area (Å²) in [4.78, 5) is 27.0. The van der Waals surface area contributed by atoms with Gasteiger partial charge in [0.1, 0.15) is 11.6 Å². The van der Waals surface area contributed by atoms with Gasteiger partial charge in [-0.15, -0.1) is 0 Å². The number of carbonyl (C=O) groups excluding carboxylic acids is 1. The lowest BCUT2D eigenvalue weighted by molar-refractivity contribution is -0.384. The zero-order chi connectivity index (χ0) is 24.2. The van der Waals surface area contributed by atoms with Crippen molar-refractivity contribution in [3.05, 3.63) is 103 Å². The van der Waals surface area contributed by atoms with Crippen LogP contribution in [0.2, 0.25) is 10.0 Å². The molecule has 10 heteroatoms. The van der Waals surface area contributed by atoms with E-state index in [-0.39, 0.29) is 34.5 Å². The Morgan fingerprint density at radius 2 is 1.85 bits per heavy atom. The Labute approximate surface area is 204 Å². The third-order valence-corrected chi connectivity index (χ3v) is 5.53. The van der Waals surface area contributed by atoms with Gasteiger partial charge >= 0.3 is 5.97 Å². The molecule has 0 aliphatic carbocycles. The Morgan fingerprint density at radius 3 is 2.59 bits per heavy atom. The van der Waals surface area contributed by atoms with Crippen LogP contribution in [0.5, 0.6) is 11.5 Å². The van der Waals surface area contributed by atoms with E-state index in [1.165, 1.54) is 31.4 Å². The number of ether oxygens (including phenoxy) is 3.